The summed E-state index contributed by atoms with van der Waals surface area (Å²) in [5, 5.41) is 3.10. The van der Waals surface area contributed by atoms with E-state index in [2.05, 4.69) is 19.2 Å². The monoisotopic (exact) mass is 291 g/mol. The van der Waals surface area contributed by atoms with Crippen molar-refractivity contribution >= 4 is 5.91 Å². The van der Waals surface area contributed by atoms with Gasteiger partial charge in [-0.2, -0.15) is 0 Å². The molecular formula is C18H26FNO. The molecule has 2 nitrogen and oxygen atoms in total. The van der Waals surface area contributed by atoms with Gasteiger partial charge in [0.25, 0.3) is 5.91 Å². The van der Waals surface area contributed by atoms with E-state index in [9.17, 15) is 9.18 Å². The summed E-state index contributed by atoms with van der Waals surface area (Å²) in [6.45, 7) is 6.34. The van der Waals surface area contributed by atoms with Crippen LogP contribution in [0.25, 0.3) is 0 Å². The number of aryl methyl sites for hydroxylation is 1. The number of hydrogen-bond acceptors (Lipinski definition) is 1. The molecule has 1 unspecified atom stereocenters. The second kappa shape index (κ2) is 6.59. The SMILES string of the molecule is CCCC1(CCC)CC1NC(=O)c1cc(F)cc(CC)c1. The first-order valence-electron chi connectivity index (χ1n) is 8.15. The van der Waals surface area contributed by atoms with Crippen LogP contribution in [0.3, 0.4) is 0 Å². The van der Waals surface area contributed by atoms with Crippen LogP contribution < -0.4 is 5.32 Å². The fraction of sp³-hybridized carbons (Fsp3) is 0.611. The van der Waals surface area contributed by atoms with E-state index >= 15 is 0 Å². The van der Waals surface area contributed by atoms with E-state index in [1.807, 2.05) is 6.92 Å². The largest absolute Gasteiger partial charge is 0.349 e. The van der Waals surface area contributed by atoms with Crippen molar-refractivity contribution < 1.29 is 9.18 Å². The maximum Gasteiger partial charge on any atom is 0.251 e. The van der Waals surface area contributed by atoms with E-state index < -0.39 is 0 Å². The van der Waals surface area contributed by atoms with Crippen LogP contribution in [0, 0.1) is 11.2 Å². The number of nitrogens with one attached hydrogen (secondary N) is 1. The highest BCUT2D eigenvalue weighted by atomic mass is 19.1. The van der Waals surface area contributed by atoms with Crippen molar-refractivity contribution in [2.75, 3.05) is 0 Å². The van der Waals surface area contributed by atoms with E-state index in [4.69, 9.17) is 0 Å². The molecule has 1 atom stereocenters. The van der Waals surface area contributed by atoms with Crippen LogP contribution in [-0.2, 0) is 6.42 Å². The van der Waals surface area contributed by atoms with Crippen molar-refractivity contribution in [2.24, 2.45) is 5.41 Å². The molecule has 21 heavy (non-hydrogen) atoms. The summed E-state index contributed by atoms with van der Waals surface area (Å²) in [6, 6.07) is 4.88. The van der Waals surface area contributed by atoms with E-state index in [0.717, 1.165) is 44.1 Å². The van der Waals surface area contributed by atoms with Gasteiger partial charge in [0.15, 0.2) is 0 Å². The molecule has 0 saturated heterocycles. The number of carbonyl (C=O) groups is 1. The van der Waals surface area contributed by atoms with Crippen LogP contribution in [0.4, 0.5) is 4.39 Å². The van der Waals surface area contributed by atoms with Crippen LogP contribution in [-0.4, -0.2) is 11.9 Å². The Morgan fingerprint density at radius 2 is 1.90 bits per heavy atom. The summed E-state index contributed by atoms with van der Waals surface area (Å²) in [5.74, 6) is -0.466. The first-order chi connectivity index (χ1) is 10.0. The Hall–Kier alpha value is -1.38. The van der Waals surface area contributed by atoms with Gasteiger partial charge in [0.2, 0.25) is 0 Å². The third-order valence-corrected chi connectivity index (χ3v) is 4.62. The molecule has 3 heteroatoms. The summed E-state index contributed by atoms with van der Waals surface area (Å²) >= 11 is 0. The number of halogens is 1. The van der Waals surface area contributed by atoms with Crippen molar-refractivity contribution in [1.82, 2.24) is 5.32 Å². The van der Waals surface area contributed by atoms with Gasteiger partial charge in [-0.1, -0.05) is 33.6 Å². The Kier molecular flexibility index (Phi) is 5.02. The average Bonchev–Trinajstić information content (AvgIpc) is 3.10. The summed E-state index contributed by atoms with van der Waals surface area (Å²) in [7, 11) is 0. The maximum absolute atomic E-state index is 13.5. The molecule has 1 fully saturated rings. The maximum atomic E-state index is 13.5. The molecule has 1 aromatic rings. The highest BCUT2D eigenvalue weighted by Gasteiger charge is 2.52. The van der Waals surface area contributed by atoms with Crippen LogP contribution in [0.15, 0.2) is 18.2 Å². The van der Waals surface area contributed by atoms with Gasteiger partial charge in [0.1, 0.15) is 5.82 Å². The second-order valence-corrected chi connectivity index (χ2v) is 6.29. The van der Waals surface area contributed by atoms with Crippen LogP contribution >= 0.6 is 0 Å². The molecule has 1 amide bonds. The average molecular weight is 291 g/mol. The minimum Gasteiger partial charge on any atom is -0.349 e. The Labute approximate surface area is 127 Å². The van der Waals surface area contributed by atoms with Gasteiger partial charge in [0.05, 0.1) is 0 Å². The topological polar surface area (TPSA) is 29.1 Å². The molecule has 1 saturated carbocycles. The van der Waals surface area contributed by atoms with E-state index in [0.29, 0.717) is 11.0 Å². The smallest absolute Gasteiger partial charge is 0.251 e. The lowest BCUT2D eigenvalue weighted by Gasteiger charge is -2.16. The third kappa shape index (κ3) is 3.63. The summed E-state index contributed by atoms with van der Waals surface area (Å²) in [5.41, 5.74) is 1.60. The van der Waals surface area contributed by atoms with Gasteiger partial charge in [-0.15, -0.1) is 0 Å². The molecule has 0 bridgehead atoms. The molecule has 1 aliphatic rings. The van der Waals surface area contributed by atoms with Crippen molar-refractivity contribution in [1.29, 1.82) is 0 Å². The lowest BCUT2D eigenvalue weighted by molar-refractivity contribution is 0.0943. The Bertz CT molecular complexity index is 506. The zero-order chi connectivity index (χ0) is 15.5. The minimum absolute atomic E-state index is 0.136. The lowest BCUT2D eigenvalue weighted by Crippen LogP contribution is -2.30. The molecule has 2 rings (SSSR count). The van der Waals surface area contributed by atoms with Crippen molar-refractivity contribution in [3.05, 3.63) is 35.1 Å². The van der Waals surface area contributed by atoms with Crippen LogP contribution in [0.1, 0.15) is 68.8 Å². The molecule has 116 valence electrons. The number of amides is 1. The molecule has 1 aromatic carbocycles. The van der Waals surface area contributed by atoms with Gasteiger partial charge in [-0.25, -0.2) is 4.39 Å². The predicted octanol–water partition coefficient (Wildman–Crippen LogP) is 4.48. The molecule has 0 aliphatic heterocycles. The molecule has 0 heterocycles. The number of benzene rings is 1. The molecular weight excluding hydrogens is 265 g/mol. The Balaban J connectivity index is 2.04. The molecule has 0 radical (unpaired) electrons. The lowest BCUT2D eigenvalue weighted by atomic mass is 9.94. The van der Waals surface area contributed by atoms with E-state index in [-0.39, 0.29) is 17.8 Å². The quantitative estimate of drug-likeness (QED) is 0.788. The number of carbonyl (C=O) groups excluding carboxylic acids is 1. The third-order valence-electron chi connectivity index (χ3n) is 4.62. The molecule has 1 N–H and O–H groups in total. The Morgan fingerprint density at radius 3 is 2.48 bits per heavy atom. The fourth-order valence-electron chi connectivity index (χ4n) is 3.45. The predicted molar refractivity (Wildman–Crippen MR) is 83.9 cm³/mol. The van der Waals surface area contributed by atoms with Gasteiger partial charge >= 0.3 is 0 Å². The summed E-state index contributed by atoms with van der Waals surface area (Å²) < 4.78 is 13.5. The highest BCUT2D eigenvalue weighted by Crippen LogP contribution is 2.53. The standard InChI is InChI=1S/C18H26FNO/c1-4-7-18(8-5-2)12-16(18)20-17(21)14-9-13(6-3)10-15(19)11-14/h9-11,16H,4-8,12H2,1-3H3,(H,20,21). The van der Waals surface area contributed by atoms with Gasteiger partial charge in [-0.05, 0) is 54.9 Å². The summed E-state index contributed by atoms with van der Waals surface area (Å²) in [4.78, 5) is 12.3. The zero-order valence-corrected chi connectivity index (χ0v) is 13.3. The molecule has 1 aliphatic carbocycles. The van der Waals surface area contributed by atoms with Gasteiger partial charge in [0, 0.05) is 11.6 Å². The van der Waals surface area contributed by atoms with Crippen molar-refractivity contribution in [3.8, 4) is 0 Å². The first-order valence-corrected chi connectivity index (χ1v) is 8.15. The second-order valence-electron chi connectivity index (χ2n) is 6.29. The highest BCUT2D eigenvalue weighted by molar-refractivity contribution is 5.94. The van der Waals surface area contributed by atoms with E-state index in [1.165, 1.54) is 12.1 Å². The van der Waals surface area contributed by atoms with Crippen LogP contribution in [0.2, 0.25) is 0 Å². The Morgan fingerprint density at radius 1 is 1.24 bits per heavy atom. The number of rotatable bonds is 7. The van der Waals surface area contributed by atoms with Crippen molar-refractivity contribution in [3.63, 3.8) is 0 Å². The van der Waals surface area contributed by atoms with E-state index in [1.54, 1.807) is 6.07 Å². The van der Waals surface area contributed by atoms with Crippen LogP contribution in [0.5, 0.6) is 0 Å². The molecule has 0 aromatic heterocycles. The van der Waals surface area contributed by atoms with Gasteiger partial charge in [-0.3, -0.25) is 4.79 Å². The summed E-state index contributed by atoms with van der Waals surface area (Å²) in [6.07, 6.45) is 6.41. The molecule has 0 spiro atoms. The first kappa shape index (κ1) is 16.0. The van der Waals surface area contributed by atoms with Gasteiger partial charge < -0.3 is 5.32 Å². The zero-order valence-electron chi connectivity index (χ0n) is 13.3. The van der Waals surface area contributed by atoms with Crippen molar-refractivity contribution in [2.45, 2.75) is 65.3 Å². The number of hydrogen-bond donors (Lipinski definition) is 1. The minimum atomic E-state index is -0.330. The fourth-order valence-corrected chi connectivity index (χ4v) is 3.45. The normalized spacial score (nSPS) is 19.3.